The number of amides is 1. The van der Waals surface area contributed by atoms with Crippen molar-refractivity contribution in [2.45, 2.75) is 38.5 Å². The molecule has 0 radical (unpaired) electrons. The van der Waals surface area contributed by atoms with E-state index in [1.165, 1.54) is 37.3 Å². The van der Waals surface area contributed by atoms with Gasteiger partial charge in [-0.2, -0.15) is 0 Å². The van der Waals surface area contributed by atoms with Crippen molar-refractivity contribution in [3.05, 3.63) is 55.1 Å². The Bertz CT molecular complexity index is 406. The summed E-state index contributed by atoms with van der Waals surface area (Å²) in [5.41, 5.74) is 2.14. The molecule has 0 fully saturated rings. The summed E-state index contributed by atoms with van der Waals surface area (Å²) in [5, 5.41) is 2.74. The standard InChI is InChI=1S/C17H23NO/c1-3-5-6-7-8-9-10-15-11-13-16(14-12-15)18-17(19)4-2/h3-4,11-14H,1-2,5-10H2,(H,18,19). The van der Waals surface area contributed by atoms with Crippen molar-refractivity contribution >= 4 is 11.6 Å². The van der Waals surface area contributed by atoms with Crippen LogP contribution in [0, 0.1) is 0 Å². The number of carbonyl (C=O) groups is 1. The predicted molar refractivity (Wildman–Crippen MR) is 82.3 cm³/mol. The highest BCUT2D eigenvalue weighted by atomic mass is 16.1. The molecule has 1 aromatic rings. The number of unbranched alkanes of at least 4 members (excludes halogenated alkanes) is 4. The molecule has 1 N–H and O–H groups in total. The van der Waals surface area contributed by atoms with Crippen LogP contribution < -0.4 is 5.32 Å². The van der Waals surface area contributed by atoms with Crippen LogP contribution in [0.15, 0.2) is 49.6 Å². The molecular weight excluding hydrogens is 234 g/mol. The van der Waals surface area contributed by atoms with E-state index in [0.29, 0.717) is 0 Å². The van der Waals surface area contributed by atoms with E-state index in [2.05, 4.69) is 30.6 Å². The predicted octanol–water partition coefficient (Wildman–Crippen LogP) is 4.49. The van der Waals surface area contributed by atoms with Crippen LogP contribution in [0.25, 0.3) is 0 Å². The first kappa shape index (κ1) is 15.2. The van der Waals surface area contributed by atoms with Crippen molar-refractivity contribution in [3.8, 4) is 0 Å². The highest BCUT2D eigenvalue weighted by molar-refractivity contribution is 5.98. The minimum atomic E-state index is -0.171. The molecule has 0 saturated carbocycles. The fourth-order valence-corrected chi connectivity index (χ4v) is 1.92. The molecule has 0 heterocycles. The van der Waals surface area contributed by atoms with Crippen LogP contribution >= 0.6 is 0 Å². The summed E-state index contributed by atoms with van der Waals surface area (Å²) in [4.78, 5) is 11.1. The van der Waals surface area contributed by atoms with Gasteiger partial charge in [-0.15, -0.1) is 6.58 Å². The molecule has 0 bridgehead atoms. The Morgan fingerprint density at radius 3 is 2.37 bits per heavy atom. The van der Waals surface area contributed by atoms with E-state index < -0.39 is 0 Å². The van der Waals surface area contributed by atoms with Crippen molar-refractivity contribution in [1.82, 2.24) is 0 Å². The Hall–Kier alpha value is -1.83. The molecule has 19 heavy (non-hydrogen) atoms. The summed E-state index contributed by atoms with van der Waals surface area (Å²) in [6.07, 6.45) is 10.5. The van der Waals surface area contributed by atoms with Gasteiger partial charge in [0.15, 0.2) is 0 Å². The van der Waals surface area contributed by atoms with Crippen molar-refractivity contribution in [1.29, 1.82) is 0 Å². The Kier molecular flexibility index (Phi) is 7.33. The van der Waals surface area contributed by atoms with Gasteiger partial charge in [-0.05, 0) is 49.5 Å². The van der Waals surface area contributed by atoms with Crippen molar-refractivity contribution in [2.75, 3.05) is 5.32 Å². The monoisotopic (exact) mass is 257 g/mol. The second kappa shape index (κ2) is 9.15. The topological polar surface area (TPSA) is 29.1 Å². The molecule has 0 aliphatic rings. The van der Waals surface area contributed by atoms with Gasteiger partial charge < -0.3 is 5.32 Å². The molecule has 1 rings (SSSR count). The quantitative estimate of drug-likeness (QED) is 0.394. The Morgan fingerprint density at radius 2 is 1.74 bits per heavy atom. The number of carbonyl (C=O) groups excluding carboxylic acids is 1. The molecule has 2 nitrogen and oxygen atoms in total. The zero-order chi connectivity index (χ0) is 13.9. The first-order valence-corrected chi connectivity index (χ1v) is 6.89. The van der Waals surface area contributed by atoms with Gasteiger partial charge in [0.25, 0.3) is 0 Å². The minimum Gasteiger partial charge on any atom is -0.323 e. The third-order valence-electron chi connectivity index (χ3n) is 3.03. The van der Waals surface area contributed by atoms with E-state index in [4.69, 9.17) is 0 Å². The molecule has 1 amide bonds. The van der Waals surface area contributed by atoms with Crippen LogP contribution in [0.1, 0.15) is 37.7 Å². The fourth-order valence-electron chi connectivity index (χ4n) is 1.92. The van der Waals surface area contributed by atoms with E-state index in [9.17, 15) is 4.79 Å². The number of anilines is 1. The largest absolute Gasteiger partial charge is 0.323 e. The molecule has 0 unspecified atom stereocenters. The molecule has 0 aliphatic carbocycles. The molecule has 2 heteroatoms. The van der Waals surface area contributed by atoms with E-state index in [-0.39, 0.29) is 5.91 Å². The Morgan fingerprint density at radius 1 is 1.05 bits per heavy atom. The first-order chi connectivity index (χ1) is 9.26. The van der Waals surface area contributed by atoms with Gasteiger partial charge in [-0.1, -0.05) is 37.6 Å². The zero-order valence-corrected chi connectivity index (χ0v) is 11.5. The molecule has 0 spiro atoms. The zero-order valence-electron chi connectivity index (χ0n) is 11.5. The molecule has 0 aliphatic heterocycles. The van der Waals surface area contributed by atoms with Gasteiger partial charge in [0.2, 0.25) is 5.91 Å². The number of hydrogen-bond acceptors (Lipinski definition) is 1. The molecule has 102 valence electrons. The lowest BCUT2D eigenvalue weighted by atomic mass is 10.1. The third kappa shape index (κ3) is 6.61. The Balaban J connectivity index is 2.26. The van der Waals surface area contributed by atoms with Crippen molar-refractivity contribution in [3.63, 3.8) is 0 Å². The number of hydrogen-bond donors (Lipinski definition) is 1. The smallest absolute Gasteiger partial charge is 0.247 e. The Labute approximate surface area is 116 Å². The molecule has 0 atom stereocenters. The summed E-state index contributed by atoms with van der Waals surface area (Å²) in [7, 11) is 0. The maximum atomic E-state index is 11.1. The van der Waals surface area contributed by atoms with E-state index >= 15 is 0 Å². The maximum absolute atomic E-state index is 11.1. The second-order valence-corrected chi connectivity index (χ2v) is 4.63. The highest BCUT2D eigenvalue weighted by Gasteiger charge is 1.98. The molecule has 1 aromatic carbocycles. The van der Waals surface area contributed by atoms with Crippen LogP contribution in [-0.4, -0.2) is 5.91 Å². The van der Waals surface area contributed by atoms with Gasteiger partial charge in [0, 0.05) is 5.69 Å². The SMILES string of the molecule is C=CCCCCCCc1ccc(NC(=O)C=C)cc1. The summed E-state index contributed by atoms with van der Waals surface area (Å²) in [6.45, 7) is 7.15. The second-order valence-electron chi connectivity index (χ2n) is 4.63. The summed E-state index contributed by atoms with van der Waals surface area (Å²) in [5.74, 6) is -0.171. The van der Waals surface area contributed by atoms with Gasteiger partial charge in [-0.3, -0.25) is 4.79 Å². The third-order valence-corrected chi connectivity index (χ3v) is 3.03. The van der Waals surface area contributed by atoms with E-state index in [1.54, 1.807) is 0 Å². The lowest BCUT2D eigenvalue weighted by Crippen LogP contribution is -2.06. The lowest BCUT2D eigenvalue weighted by molar-refractivity contribution is -0.111. The first-order valence-electron chi connectivity index (χ1n) is 6.89. The van der Waals surface area contributed by atoms with Crippen molar-refractivity contribution < 1.29 is 4.79 Å². The molecule has 0 saturated heterocycles. The van der Waals surface area contributed by atoms with Crippen LogP contribution in [-0.2, 0) is 11.2 Å². The molecular formula is C17H23NO. The maximum Gasteiger partial charge on any atom is 0.247 e. The number of benzene rings is 1. The average molecular weight is 257 g/mol. The van der Waals surface area contributed by atoms with Gasteiger partial charge >= 0.3 is 0 Å². The fraction of sp³-hybridized carbons (Fsp3) is 0.353. The van der Waals surface area contributed by atoms with Crippen LogP contribution in [0.2, 0.25) is 0 Å². The minimum absolute atomic E-state index is 0.171. The van der Waals surface area contributed by atoms with Crippen LogP contribution in [0.4, 0.5) is 5.69 Å². The number of nitrogens with one attached hydrogen (secondary N) is 1. The highest BCUT2D eigenvalue weighted by Crippen LogP contribution is 2.13. The van der Waals surface area contributed by atoms with Crippen molar-refractivity contribution in [2.24, 2.45) is 0 Å². The van der Waals surface area contributed by atoms with Crippen LogP contribution in [0.5, 0.6) is 0 Å². The molecule has 0 aromatic heterocycles. The normalized spacial score (nSPS) is 9.89. The van der Waals surface area contributed by atoms with E-state index in [0.717, 1.165) is 18.5 Å². The average Bonchev–Trinajstić information content (AvgIpc) is 2.44. The van der Waals surface area contributed by atoms with Crippen LogP contribution in [0.3, 0.4) is 0 Å². The number of rotatable bonds is 9. The van der Waals surface area contributed by atoms with Gasteiger partial charge in [-0.25, -0.2) is 0 Å². The lowest BCUT2D eigenvalue weighted by Gasteiger charge is -2.05. The van der Waals surface area contributed by atoms with Gasteiger partial charge in [0.05, 0.1) is 0 Å². The number of aryl methyl sites for hydroxylation is 1. The number of allylic oxidation sites excluding steroid dienone is 1. The van der Waals surface area contributed by atoms with E-state index in [1.807, 2.05) is 18.2 Å². The summed E-state index contributed by atoms with van der Waals surface area (Å²) >= 11 is 0. The van der Waals surface area contributed by atoms with Gasteiger partial charge in [0.1, 0.15) is 0 Å². The summed E-state index contributed by atoms with van der Waals surface area (Å²) in [6, 6.07) is 8.02. The summed E-state index contributed by atoms with van der Waals surface area (Å²) < 4.78 is 0.